The average molecular weight is 586 g/mol. The number of nitrogens with zero attached hydrogens (tertiary/aromatic N) is 1. The third kappa shape index (κ3) is 6.20. The molecule has 0 aliphatic rings. The first-order valence-electron chi connectivity index (χ1n) is 12.6. The number of carbonyl (C=O) groups excluding carboxylic acids is 1. The number of anilines is 1. The summed E-state index contributed by atoms with van der Waals surface area (Å²) in [6, 6.07) is 9.15. The second kappa shape index (κ2) is 10.7. The molecule has 4 aromatic rings. The van der Waals surface area contributed by atoms with Crippen molar-refractivity contribution in [2.45, 2.75) is 47.1 Å². The van der Waals surface area contributed by atoms with Crippen LogP contribution < -0.4 is 20.3 Å². The molecule has 0 saturated heterocycles. The highest BCUT2D eigenvalue weighted by molar-refractivity contribution is 7.92. The van der Waals surface area contributed by atoms with Crippen LogP contribution in [0.2, 0.25) is 0 Å². The van der Waals surface area contributed by atoms with E-state index in [1.165, 1.54) is 35.0 Å². The molecule has 2 aromatic carbocycles. The van der Waals surface area contributed by atoms with E-state index in [4.69, 9.17) is 4.74 Å². The van der Waals surface area contributed by atoms with E-state index in [1.807, 2.05) is 20.8 Å². The van der Waals surface area contributed by atoms with Crippen molar-refractivity contribution in [1.29, 1.82) is 0 Å². The normalized spacial score (nSPS) is 12.0. The molecule has 0 saturated carbocycles. The minimum atomic E-state index is -3.58. The molecule has 0 atom stereocenters. The fourth-order valence-electron chi connectivity index (χ4n) is 4.27. The second-order valence-corrected chi connectivity index (χ2v) is 13.8. The molecule has 0 bridgehead atoms. The van der Waals surface area contributed by atoms with E-state index in [-0.39, 0.29) is 23.0 Å². The van der Waals surface area contributed by atoms with E-state index < -0.39 is 15.6 Å². The molecule has 4 rings (SSSR count). The van der Waals surface area contributed by atoms with E-state index in [0.29, 0.717) is 54.4 Å². The smallest absolute Gasteiger partial charge is 0.261 e. The van der Waals surface area contributed by atoms with Gasteiger partial charge in [0.05, 0.1) is 20.7 Å². The molecule has 11 heteroatoms. The zero-order valence-electron chi connectivity index (χ0n) is 23.4. The van der Waals surface area contributed by atoms with Crippen LogP contribution in [0.1, 0.15) is 48.5 Å². The van der Waals surface area contributed by atoms with Gasteiger partial charge in [0.2, 0.25) is 10.0 Å². The lowest BCUT2D eigenvalue weighted by molar-refractivity contribution is 0.0923. The third-order valence-corrected chi connectivity index (χ3v) is 8.60. The molecular weight excluding hydrogens is 553 g/mol. The van der Waals surface area contributed by atoms with Crippen molar-refractivity contribution in [1.82, 2.24) is 9.88 Å². The summed E-state index contributed by atoms with van der Waals surface area (Å²) in [7, 11) is -1.97. The van der Waals surface area contributed by atoms with Crippen molar-refractivity contribution < 1.29 is 22.3 Å². The minimum Gasteiger partial charge on any atom is -0.456 e. The first-order valence-corrected chi connectivity index (χ1v) is 15.1. The van der Waals surface area contributed by atoms with Gasteiger partial charge < -0.3 is 14.6 Å². The Morgan fingerprint density at radius 2 is 1.73 bits per heavy atom. The van der Waals surface area contributed by atoms with Crippen molar-refractivity contribution in [2.24, 2.45) is 7.05 Å². The Morgan fingerprint density at radius 1 is 1.07 bits per heavy atom. The number of hydrogen-bond acceptors (Lipinski definition) is 6. The van der Waals surface area contributed by atoms with Gasteiger partial charge in [-0.2, -0.15) is 0 Å². The lowest BCUT2D eigenvalue weighted by Crippen LogP contribution is -2.40. The van der Waals surface area contributed by atoms with E-state index in [9.17, 15) is 22.4 Å². The molecule has 0 aliphatic carbocycles. The Kier molecular flexibility index (Phi) is 7.83. The molecule has 40 heavy (non-hydrogen) atoms. The summed E-state index contributed by atoms with van der Waals surface area (Å²) in [6.45, 7) is 10.6. The zero-order valence-corrected chi connectivity index (χ0v) is 25.1. The highest BCUT2D eigenvalue weighted by Crippen LogP contribution is 2.42. The van der Waals surface area contributed by atoms with Gasteiger partial charge in [-0.3, -0.25) is 14.3 Å². The Bertz CT molecular complexity index is 1780. The van der Waals surface area contributed by atoms with Gasteiger partial charge in [-0.25, -0.2) is 12.8 Å². The molecule has 8 nitrogen and oxygen atoms in total. The first kappa shape index (κ1) is 29.3. The van der Waals surface area contributed by atoms with Gasteiger partial charge in [0.15, 0.2) is 0 Å². The van der Waals surface area contributed by atoms with Gasteiger partial charge in [-0.05, 0) is 89.1 Å². The average Bonchev–Trinajstić information content (AvgIpc) is 3.29. The van der Waals surface area contributed by atoms with Crippen molar-refractivity contribution in [3.8, 4) is 22.6 Å². The molecule has 0 unspecified atom stereocenters. The monoisotopic (exact) mass is 585 g/mol. The van der Waals surface area contributed by atoms with E-state index in [1.54, 1.807) is 51.4 Å². The van der Waals surface area contributed by atoms with Crippen LogP contribution in [0, 0.1) is 19.7 Å². The summed E-state index contributed by atoms with van der Waals surface area (Å²) < 4.78 is 49.5. The number of rotatable bonds is 7. The maximum Gasteiger partial charge on any atom is 0.261 e. The highest BCUT2D eigenvalue weighted by Gasteiger charge is 2.23. The molecular formula is C29H32FN3O5S2. The lowest BCUT2D eigenvalue weighted by Gasteiger charge is -2.19. The van der Waals surface area contributed by atoms with Gasteiger partial charge in [0, 0.05) is 35.6 Å². The van der Waals surface area contributed by atoms with Crippen molar-refractivity contribution >= 4 is 43.0 Å². The Hall–Kier alpha value is -3.70. The first-order chi connectivity index (χ1) is 18.6. The molecule has 2 N–H and O–H groups in total. The summed E-state index contributed by atoms with van der Waals surface area (Å²) in [5.41, 5.74) is 1.79. The molecule has 2 heterocycles. The van der Waals surface area contributed by atoms with Crippen LogP contribution in [-0.4, -0.2) is 30.2 Å². The van der Waals surface area contributed by atoms with Crippen molar-refractivity contribution in [3.05, 3.63) is 74.8 Å². The van der Waals surface area contributed by atoms with Gasteiger partial charge in [-0.15, -0.1) is 11.3 Å². The maximum atomic E-state index is 14.0. The number of nitrogens with one attached hydrogen (secondary N) is 2. The van der Waals surface area contributed by atoms with E-state index >= 15 is 0 Å². The van der Waals surface area contributed by atoms with E-state index in [2.05, 4.69) is 10.0 Å². The lowest BCUT2D eigenvalue weighted by atomic mass is 10.0. The number of pyridine rings is 1. The van der Waals surface area contributed by atoms with E-state index in [0.717, 1.165) is 0 Å². The van der Waals surface area contributed by atoms with Gasteiger partial charge in [0.1, 0.15) is 17.3 Å². The predicted octanol–water partition coefficient (Wildman–Crippen LogP) is 6.11. The van der Waals surface area contributed by atoms with Crippen molar-refractivity contribution in [3.63, 3.8) is 0 Å². The number of fused-ring (bicyclic) bond motifs is 1. The van der Waals surface area contributed by atoms with Gasteiger partial charge in [0.25, 0.3) is 11.5 Å². The summed E-state index contributed by atoms with van der Waals surface area (Å²) >= 11 is 1.17. The summed E-state index contributed by atoms with van der Waals surface area (Å²) in [4.78, 5) is 26.5. The fourth-order valence-corrected chi connectivity index (χ4v) is 5.97. The number of sulfonamides is 1. The third-order valence-electron chi connectivity index (χ3n) is 6.12. The second-order valence-electron chi connectivity index (χ2n) is 10.7. The topological polar surface area (TPSA) is 106 Å². The van der Waals surface area contributed by atoms with Crippen LogP contribution in [-0.2, 0) is 17.1 Å². The number of aryl methyl sites for hydroxylation is 3. The highest BCUT2D eigenvalue weighted by atomic mass is 32.2. The molecule has 1 amide bonds. The van der Waals surface area contributed by atoms with Crippen molar-refractivity contribution in [2.75, 3.05) is 10.5 Å². The maximum absolute atomic E-state index is 14.0. The van der Waals surface area contributed by atoms with Gasteiger partial charge in [-0.1, -0.05) is 0 Å². The number of aromatic nitrogens is 1. The number of thiophene rings is 1. The number of benzene rings is 2. The minimum absolute atomic E-state index is 0.115. The fraction of sp³-hybridized carbons (Fsp3) is 0.310. The molecule has 2 aromatic heterocycles. The Morgan fingerprint density at radius 3 is 2.33 bits per heavy atom. The molecule has 0 radical (unpaired) electrons. The Balaban J connectivity index is 1.97. The van der Waals surface area contributed by atoms with Crippen LogP contribution >= 0.6 is 11.3 Å². The van der Waals surface area contributed by atoms with Crippen LogP contribution in [0.25, 0.3) is 21.2 Å². The van der Waals surface area contributed by atoms with Crippen LogP contribution in [0.3, 0.4) is 0 Å². The number of ether oxygens (including phenoxy) is 1. The van der Waals surface area contributed by atoms with Crippen LogP contribution in [0.4, 0.5) is 10.1 Å². The number of hydrogen-bond donors (Lipinski definition) is 2. The molecule has 0 spiro atoms. The van der Waals surface area contributed by atoms with Crippen LogP contribution in [0.5, 0.6) is 11.5 Å². The van der Waals surface area contributed by atoms with Gasteiger partial charge >= 0.3 is 0 Å². The van der Waals surface area contributed by atoms with Crippen LogP contribution in [0.15, 0.2) is 47.4 Å². The molecule has 0 aliphatic heterocycles. The summed E-state index contributed by atoms with van der Waals surface area (Å²) in [5.74, 6) is 0.0235. The summed E-state index contributed by atoms with van der Waals surface area (Å²) in [5, 5.41) is 3.27. The SMILES string of the molecule is CCS(=O)(=O)Nc1ccc(Oc2c(C)cc(F)cc2C)c(-c2cn(C)c(=O)c3cc(C(=O)NC(C)(C)C)sc23)c1. The molecule has 0 fully saturated rings. The Labute approximate surface area is 236 Å². The predicted molar refractivity (Wildman–Crippen MR) is 159 cm³/mol. The standard InChI is InChI=1S/C29H32FN3O5S2/c1-8-40(36,37)32-19-9-10-23(38-25-16(2)11-18(30)12-17(25)3)20(13-19)22-15-33(7)28(35)21-14-24(39-26(21)22)27(34)31-29(4,5)6/h9-15,32H,8H2,1-7H3,(H,31,34). The quantitative estimate of drug-likeness (QED) is 0.272. The number of halogens is 1. The number of amides is 1. The largest absolute Gasteiger partial charge is 0.456 e. The molecule has 212 valence electrons. The number of carbonyl (C=O) groups is 1. The zero-order chi connectivity index (χ0) is 29.6. The summed E-state index contributed by atoms with van der Waals surface area (Å²) in [6.07, 6.45) is 1.64.